The Labute approximate surface area is 179 Å². The number of carbonyl (C=O) groups excluding carboxylic acids is 3. The van der Waals surface area contributed by atoms with Crippen molar-refractivity contribution in [3.63, 3.8) is 0 Å². The first-order valence-corrected chi connectivity index (χ1v) is 9.74. The third-order valence-electron chi connectivity index (χ3n) is 5.19. The molecule has 3 fully saturated rings. The molecule has 12 heteroatoms. The van der Waals surface area contributed by atoms with E-state index in [2.05, 4.69) is 4.90 Å². The maximum absolute atomic E-state index is 12.1. The molecule has 3 saturated heterocycles. The van der Waals surface area contributed by atoms with Crippen LogP contribution in [0.5, 0.6) is 0 Å². The topological polar surface area (TPSA) is 89.7 Å². The van der Waals surface area contributed by atoms with Crippen molar-refractivity contribution in [3.05, 3.63) is 35.9 Å². The molecule has 4 rings (SSSR count). The lowest BCUT2D eigenvalue weighted by molar-refractivity contribution is -0.193. The van der Waals surface area contributed by atoms with Crippen LogP contribution in [0.2, 0.25) is 0 Å². The zero-order valence-electron chi connectivity index (χ0n) is 16.8. The number of piperidine rings is 3. The number of hydrogen-bond donors (Lipinski definition) is 1. The van der Waals surface area contributed by atoms with E-state index in [1.165, 1.54) is 0 Å². The minimum absolute atomic E-state index is 0.0480. The number of nitrogens with zero attached hydrogens (tertiary/aromatic N) is 1. The Morgan fingerprint density at radius 2 is 1.47 bits per heavy atom. The van der Waals surface area contributed by atoms with E-state index in [4.69, 9.17) is 10.5 Å². The lowest BCUT2D eigenvalue weighted by Gasteiger charge is -2.44. The van der Waals surface area contributed by atoms with Gasteiger partial charge in [-0.2, -0.15) is 26.3 Å². The summed E-state index contributed by atoms with van der Waals surface area (Å²) in [7, 11) is 0. The van der Waals surface area contributed by atoms with E-state index < -0.39 is 30.0 Å². The molecule has 1 aromatic rings. The van der Waals surface area contributed by atoms with Crippen LogP contribution in [0.15, 0.2) is 30.3 Å². The van der Waals surface area contributed by atoms with Crippen molar-refractivity contribution in [1.29, 1.82) is 0 Å². The summed E-state index contributed by atoms with van der Waals surface area (Å²) in [6.45, 7) is 3.18. The van der Waals surface area contributed by atoms with E-state index in [9.17, 15) is 40.7 Å². The molecule has 3 heterocycles. The van der Waals surface area contributed by atoms with Crippen molar-refractivity contribution >= 4 is 17.5 Å². The molecule has 0 saturated carbocycles. The third-order valence-corrected chi connectivity index (χ3v) is 5.19. The molecule has 2 bridgehead atoms. The second kappa shape index (κ2) is 10.4. The van der Waals surface area contributed by atoms with Crippen molar-refractivity contribution in [2.24, 2.45) is 11.7 Å². The fourth-order valence-corrected chi connectivity index (χ4v) is 3.49. The number of benzene rings is 1. The van der Waals surface area contributed by atoms with Gasteiger partial charge in [0, 0.05) is 6.54 Å². The highest BCUT2D eigenvalue weighted by Gasteiger charge is 2.54. The second-order valence-electron chi connectivity index (χ2n) is 7.56. The highest BCUT2D eigenvalue weighted by molar-refractivity contribution is 6.41. The number of alkyl halides is 6. The van der Waals surface area contributed by atoms with Gasteiger partial charge in [-0.3, -0.25) is 19.3 Å². The number of halogens is 6. The number of nitrogens with two attached hydrogens (primary N) is 1. The van der Waals surface area contributed by atoms with Gasteiger partial charge in [0.25, 0.3) is 0 Å². The number of rotatable bonds is 5. The van der Waals surface area contributed by atoms with Crippen LogP contribution in [-0.4, -0.2) is 66.6 Å². The van der Waals surface area contributed by atoms with E-state index in [1.807, 2.05) is 30.3 Å². The Balaban J connectivity index is 0.000000262. The van der Waals surface area contributed by atoms with Crippen molar-refractivity contribution in [1.82, 2.24) is 4.90 Å². The highest BCUT2D eigenvalue weighted by atomic mass is 19.4. The van der Waals surface area contributed by atoms with Crippen LogP contribution in [-0.2, 0) is 25.5 Å². The molecule has 178 valence electrons. The zero-order chi connectivity index (χ0) is 24.1. The summed E-state index contributed by atoms with van der Waals surface area (Å²) in [5.74, 6) is -6.54. The molecule has 32 heavy (non-hydrogen) atoms. The van der Waals surface area contributed by atoms with Crippen LogP contribution in [0.3, 0.4) is 0 Å². The van der Waals surface area contributed by atoms with Gasteiger partial charge >= 0.3 is 29.9 Å². The first-order valence-electron chi connectivity index (χ1n) is 9.74. The summed E-state index contributed by atoms with van der Waals surface area (Å²) in [6, 6.07) is 9.29. The molecule has 3 aliphatic rings. The lowest BCUT2D eigenvalue weighted by Crippen LogP contribution is -2.53. The second-order valence-corrected chi connectivity index (χ2v) is 7.56. The maximum Gasteiger partial charge on any atom is 0.458 e. The van der Waals surface area contributed by atoms with Gasteiger partial charge in [-0.25, -0.2) is 0 Å². The summed E-state index contributed by atoms with van der Waals surface area (Å²) < 4.78 is 72.6. The van der Waals surface area contributed by atoms with Gasteiger partial charge in [0.1, 0.15) is 12.1 Å². The lowest BCUT2D eigenvalue weighted by atomic mass is 9.86. The van der Waals surface area contributed by atoms with Gasteiger partial charge in [-0.15, -0.1) is 0 Å². The van der Waals surface area contributed by atoms with Crippen LogP contribution in [0, 0.1) is 5.92 Å². The Hall–Kier alpha value is -2.47. The minimum Gasteiger partial charge on any atom is -0.460 e. The molecule has 6 nitrogen and oxygen atoms in total. The molecule has 2 atom stereocenters. The zero-order valence-corrected chi connectivity index (χ0v) is 16.8. The summed E-state index contributed by atoms with van der Waals surface area (Å²) in [5, 5.41) is 0. The summed E-state index contributed by atoms with van der Waals surface area (Å²) in [5.41, 5.74) is 7.05. The van der Waals surface area contributed by atoms with Gasteiger partial charge < -0.3 is 10.5 Å². The fourth-order valence-electron chi connectivity index (χ4n) is 3.49. The monoisotopic (exact) mass is 468 g/mol. The Morgan fingerprint density at radius 3 is 1.88 bits per heavy atom. The number of carbonyl (C=O) groups is 3. The van der Waals surface area contributed by atoms with E-state index in [0.29, 0.717) is 12.3 Å². The molecule has 0 unspecified atom stereocenters. The maximum atomic E-state index is 12.1. The molecule has 0 radical (unpaired) electrons. The molecule has 0 amide bonds. The van der Waals surface area contributed by atoms with Gasteiger partial charge in [-0.1, -0.05) is 30.3 Å². The first kappa shape index (κ1) is 25.8. The molecule has 0 aromatic heterocycles. The van der Waals surface area contributed by atoms with Crippen molar-refractivity contribution in [2.75, 3.05) is 19.6 Å². The number of hydrogen-bond acceptors (Lipinski definition) is 6. The van der Waals surface area contributed by atoms with Crippen LogP contribution in [0.25, 0.3) is 0 Å². The summed E-state index contributed by atoms with van der Waals surface area (Å²) in [4.78, 5) is 33.7. The smallest absolute Gasteiger partial charge is 0.458 e. The molecule has 2 N–H and O–H groups in total. The molecular weight excluding hydrogens is 446 g/mol. The standard InChI is InChI=1S/C16H22N2O2.C4F6O2/c17-14(10-12-4-2-1-3-5-12)16(19)20-15-11-18-8-6-13(15)7-9-18;5-3(6,7)1(11)2(12)4(8,9)10/h1-5,13-15H,6-11,17H2;/t14-,15+;/m1./s1. The number of Topliss-reactive ketones (excluding diaryl/α,β-unsaturated/α-hetero) is 2. The van der Waals surface area contributed by atoms with Gasteiger partial charge in [0.2, 0.25) is 0 Å². The number of fused-ring (bicyclic) bond motifs is 3. The number of ketones is 2. The molecule has 0 spiro atoms. The van der Waals surface area contributed by atoms with Crippen LogP contribution in [0.1, 0.15) is 18.4 Å². The molecule has 3 aliphatic heterocycles. The van der Waals surface area contributed by atoms with Gasteiger partial charge in [-0.05, 0) is 43.8 Å². The summed E-state index contributed by atoms with van der Waals surface area (Å²) >= 11 is 0. The minimum atomic E-state index is -5.77. The fraction of sp³-hybridized carbons (Fsp3) is 0.550. The summed E-state index contributed by atoms with van der Waals surface area (Å²) in [6.07, 6.45) is -8.66. The SMILES string of the molecule is N[C@H](Cc1ccccc1)C(=O)O[C@H]1CN2CCC1CC2.O=C(C(=O)C(F)(F)F)C(F)(F)F. The largest absolute Gasteiger partial charge is 0.460 e. The van der Waals surface area contributed by atoms with E-state index in [1.54, 1.807) is 0 Å². The average molecular weight is 468 g/mol. The van der Waals surface area contributed by atoms with Crippen molar-refractivity contribution in [2.45, 2.75) is 43.8 Å². The van der Waals surface area contributed by atoms with E-state index in [-0.39, 0.29) is 12.1 Å². The Morgan fingerprint density at radius 1 is 0.969 bits per heavy atom. The Kier molecular flexibility index (Phi) is 8.41. The van der Waals surface area contributed by atoms with E-state index >= 15 is 0 Å². The van der Waals surface area contributed by atoms with Crippen LogP contribution >= 0.6 is 0 Å². The van der Waals surface area contributed by atoms with E-state index in [0.717, 1.165) is 38.0 Å². The molecular formula is C20H22F6N2O4. The molecule has 0 aliphatic carbocycles. The normalized spacial score (nSPS) is 23.5. The van der Waals surface area contributed by atoms with Crippen molar-refractivity contribution in [3.8, 4) is 0 Å². The van der Waals surface area contributed by atoms with Crippen LogP contribution < -0.4 is 5.73 Å². The Bertz CT molecular complexity index is 781. The molecule has 1 aromatic carbocycles. The first-order chi connectivity index (χ1) is 14.8. The number of esters is 1. The average Bonchev–Trinajstić information content (AvgIpc) is 2.73. The quantitative estimate of drug-likeness (QED) is 0.406. The number of ether oxygens (including phenoxy) is 1. The van der Waals surface area contributed by atoms with Crippen molar-refractivity contribution < 1.29 is 45.5 Å². The third kappa shape index (κ3) is 7.30. The van der Waals surface area contributed by atoms with Gasteiger partial charge in [0.05, 0.1) is 0 Å². The highest BCUT2D eigenvalue weighted by Crippen LogP contribution is 2.29. The van der Waals surface area contributed by atoms with Gasteiger partial charge in [0.15, 0.2) is 0 Å². The predicted octanol–water partition coefficient (Wildman–Crippen LogP) is 2.44. The van der Waals surface area contributed by atoms with Crippen LogP contribution in [0.4, 0.5) is 26.3 Å². The predicted molar refractivity (Wildman–Crippen MR) is 99.3 cm³/mol.